The van der Waals surface area contributed by atoms with E-state index in [9.17, 15) is 14.7 Å². The zero-order chi connectivity index (χ0) is 14.7. The van der Waals surface area contributed by atoms with E-state index in [0.29, 0.717) is 18.5 Å². The van der Waals surface area contributed by atoms with E-state index in [2.05, 4.69) is 4.98 Å². The summed E-state index contributed by atoms with van der Waals surface area (Å²) in [4.78, 5) is 25.6. The van der Waals surface area contributed by atoms with Crippen molar-refractivity contribution in [2.75, 3.05) is 6.61 Å². The molecule has 0 fully saturated rings. The first-order valence-electron chi connectivity index (χ1n) is 6.35. The predicted molar refractivity (Wildman–Crippen MR) is 74.5 cm³/mol. The van der Waals surface area contributed by atoms with Crippen molar-refractivity contribution < 1.29 is 10.2 Å². The van der Waals surface area contributed by atoms with E-state index in [1.165, 1.54) is 0 Å². The molecule has 6 heteroatoms. The standard InChI is InChI=1S/C14H16N2O4/c1-2-11-12(18)15-14(20)16(13(11)19)10-5-3-9(4-6-10)7-8-17/h3-6,17,19H,2,7-8H2,1H3,(H,15,18,20). The maximum Gasteiger partial charge on any atom is 0.335 e. The van der Waals surface area contributed by atoms with Gasteiger partial charge in [0.2, 0.25) is 5.88 Å². The molecular weight excluding hydrogens is 260 g/mol. The lowest BCUT2D eigenvalue weighted by molar-refractivity contribution is 0.299. The summed E-state index contributed by atoms with van der Waals surface area (Å²) in [5.41, 5.74) is 0.302. The van der Waals surface area contributed by atoms with Gasteiger partial charge in [-0.1, -0.05) is 19.1 Å². The number of nitrogens with one attached hydrogen (secondary N) is 1. The molecule has 0 aliphatic rings. The van der Waals surface area contributed by atoms with Crippen LogP contribution in [0.25, 0.3) is 5.69 Å². The third-order valence-corrected chi connectivity index (χ3v) is 3.13. The third-order valence-electron chi connectivity index (χ3n) is 3.13. The Hall–Kier alpha value is -2.34. The first kappa shape index (κ1) is 14.1. The predicted octanol–water partition coefficient (Wildman–Crippen LogP) is 0.329. The summed E-state index contributed by atoms with van der Waals surface area (Å²) in [6, 6.07) is 6.83. The van der Waals surface area contributed by atoms with E-state index in [1.54, 1.807) is 31.2 Å². The van der Waals surface area contributed by atoms with Crippen LogP contribution in [0.5, 0.6) is 5.88 Å². The number of aromatic hydroxyl groups is 1. The molecule has 0 atom stereocenters. The van der Waals surface area contributed by atoms with Crippen LogP contribution in [0.1, 0.15) is 18.1 Å². The Bertz CT molecular complexity index is 713. The lowest BCUT2D eigenvalue weighted by Gasteiger charge is -2.11. The van der Waals surface area contributed by atoms with Crippen LogP contribution >= 0.6 is 0 Å². The maximum atomic E-state index is 11.8. The Morgan fingerprint density at radius 1 is 1.20 bits per heavy atom. The van der Waals surface area contributed by atoms with Gasteiger partial charge in [-0.15, -0.1) is 0 Å². The number of aliphatic hydroxyl groups is 1. The number of H-pyrrole nitrogens is 1. The van der Waals surface area contributed by atoms with Crippen LogP contribution in [-0.4, -0.2) is 26.4 Å². The van der Waals surface area contributed by atoms with Crippen LogP contribution in [0.2, 0.25) is 0 Å². The van der Waals surface area contributed by atoms with Gasteiger partial charge in [-0.05, 0) is 30.5 Å². The molecular formula is C14H16N2O4. The fourth-order valence-electron chi connectivity index (χ4n) is 2.06. The van der Waals surface area contributed by atoms with Crippen molar-refractivity contribution in [1.82, 2.24) is 9.55 Å². The summed E-state index contributed by atoms with van der Waals surface area (Å²) in [6.45, 7) is 1.77. The number of nitrogens with zero attached hydrogens (tertiary/aromatic N) is 1. The maximum absolute atomic E-state index is 11.8. The number of benzene rings is 1. The van der Waals surface area contributed by atoms with Crippen LogP contribution in [0.15, 0.2) is 33.9 Å². The first-order chi connectivity index (χ1) is 9.58. The Balaban J connectivity index is 2.58. The molecule has 0 aliphatic heterocycles. The number of rotatable bonds is 4. The smallest absolute Gasteiger partial charge is 0.335 e. The number of aromatic nitrogens is 2. The van der Waals surface area contributed by atoms with E-state index in [0.717, 1.165) is 10.1 Å². The van der Waals surface area contributed by atoms with Crippen molar-refractivity contribution in [2.45, 2.75) is 19.8 Å². The van der Waals surface area contributed by atoms with Crippen LogP contribution in [0.3, 0.4) is 0 Å². The lowest BCUT2D eigenvalue weighted by Crippen LogP contribution is -2.31. The van der Waals surface area contributed by atoms with Gasteiger partial charge in [0.1, 0.15) is 0 Å². The first-order valence-corrected chi connectivity index (χ1v) is 6.35. The molecule has 0 bridgehead atoms. The summed E-state index contributed by atoms with van der Waals surface area (Å²) < 4.78 is 1.06. The van der Waals surface area contributed by atoms with Gasteiger partial charge in [0, 0.05) is 6.61 Å². The Labute approximate surface area is 115 Å². The molecule has 0 amide bonds. The highest BCUT2D eigenvalue weighted by Crippen LogP contribution is 2.17. The number of aliphatic hydroxyl groups excluding tert-OH is 1. The van der Waals surface area contributed by atoms with Crippen LogP contribution in [0, 0.1) is 0 Å². The minimum absolute atomic E-state index is 0.0448. The summed E-state index contributed by atoms with van der Waals surface area (Å²) in [7, 11) is 0. The van der Waals surface area contributed by atoms with Gasteiger partial charge in [0.05, 0.1) is 11.3 Å². The quantitative estimate of drug-likeness (QED) is 0.750. The average Bonchev–Trinajstić information content (AvgIpc) is 2.41. The molecule has 2 rings (SSSR count). The Kier molecular flexibility index (Phi) is 4.05. The molecule has 2 aromatic rings. The van der Waals surface area contributed by atoms with E-state index < -0.39 is 11.2 Å². The second-order valence-electron chi connectivity index (χ2n) is 4.39. The number of hydrogen-bond donors (Lipinski definition) is 3. The molecule has 3 N–H and O–H groups in total. The largest absolute Gasteiger partial charge is 0.494 e. The minimum Gasteiger partial charge on any atom is -0.494 e. The molecule has 106 valence electrons. The summed E-state index contributed by atoms with van der Waals surface area (Å²) in [6.07, 6.45) is 0.844. The molecule has 0 saturated carbocycles. The van der Waals surface area contributed by atoms with E-state index >= 15 is 0 Å². The van der Waals surface area contributed by atoms with Gasteiger partial charge in [-0.25, -0.2) is 9.36 Å². The molecule has 0 unspecified atom stereocenters. The van der Waals surface area contributed by atoms with Crippen molar-refractivity contribution in [3.63, 3.8) is 0 Å². The molecule has 0 radical (unpaired) electrons. The molecule has 1 aromatic heterocycles. The van der Waals surface area contributed by atoms with Crippen molar-refractivity contribution in [3.8, 4) is 11.6 Å². The number of aromatic amines is 1. The summed E-state index contributed by atoms with van der Waals surface area (Å²) in [5.74, 6) is -0.337. The lowest BCUT2D eigenvalue weighted by atomic mass is 10.1. The van der Waals surface area contributed by atoms with Gasteiger partial charge in [-0.2, -0.15) is 0 Å². The molecule has 20 heavy (non-hydrogen) atoms. The topological polar surface area (TPSA) is 95.3 Å². The average molecular weight is 276 g/mol. The molecule has 6 nitrogen and oxygen atoms in total. The fourth-order valence-corrected chi connectivity index (χ4v) is 2.06. The van der Waals surface area contributed by atoms with Crippen molar-refractivity contribution in [3.05, 3.63) is 56.2 Å². The van der Waals surface area contributed by atoms with Gasteiger partial charge in [-0.3, -0.25) is 9.78 Å². The van der Waals surface area contributed by atoms with E-state index in [4.69, 9.17) is 5.11 Å². The summed E-state index contributed by atoms with van der Waals surface area (Å²) in [5, 5.41) is 18.9. The van der Waals surface area contributed by atoms with Gasteiger partial charge < -0.3 is 10.2 Å². The van der Waals surface area contributed by atoms with E-state index in [1.807, 2.05) is 0 Å². The second kappa shape index (κ2) is 5.75. The zero-order valence-electron chi connectivity index (χ0n) is 11.1. The van der Waals surface area contributed by atoms with Crippen LogP contribution < -0.4 is 11.2 Å². The fraction of sp³-hybridized carbons (Fsp3) is 0.286. The van der Waals surface area contributed by atoms with Gasteiger partial charge in [0.25, 0.3) is 5.56 Å². The molecule has 0 spiro atoms. The molecule has 1 aromatic carbocycles. The number of hydrogen-bond acceptors (Lipinski definition) is 4. The van der Waals surface area contributed by atoms with Gasteiger partial charge in [0.15, 0.2) is 0 Å². The molecule has 1 heterocycles. The normalized spacial score (nSPS) is 10.7. The highest BCUT2D eigenvalue weighted by molar-refractivity contribution is 5.39. The van der Waals surface area contributed by atoms with Crippen molar-refractivity contribution in [1.29, 1.82) is 0 Å². The van der Waals surface area contributed by atoms with Gasteiger partial charge >= 0.3 is 5.69 Å². The van der Waals surface area contributed by atoms with E-state index in [-0.39, 0.29) is 18.1 Å². The monoisotopic (exact) mass is 276 g/mol. The van der Waals surface area contributed by atoms with Crippen molar-refractivity contribution in [2.24, 2.45) is 0 Å². The third kappa shape index (κ3) is 2.50. The Morgan fingerprint density at radius 3 is 2.40 bits per heavy atom. The minimum atomic E-state index is -0.681. The summed E-state index contributed by atoms with van der Waals surface area (Å²) >= 11 is 0. The SMILES string of the molecule is CCc1c(O)n(-c2ccc(CCO)cc2)c(=O)[nH]c1=O. The zero-order valence-corrected chi connectivity index (χ0v) is 11.1. The molecule has 0 saturated heterocycles. The highest BCUT2D eigenvalue weighted by Gasteiger charge is 2.13. The second-order valence-corrected chi connectivity index (χ2v) is 4.39. The van der Waals surface area contributed by atoms with Crippen LogP contribution in [0.4, 0.5) is 0 Å². The Morgan fingerprint density at radius 2 is 1.85 bits per heavy atom. The van der Waals surface area contributed by atoms with Crippen molar-refractivity contribution >= 4 is 0 Å². The molecule has 0 aliphatic carbocycles. The highest BCUT2D eigenvalue weighted by atomic mass is 16.3. The van der Waals surface area contributed by atoms with Crippen LogP contribution in [-0.2, 0) is 12.8 Å².